The molecule has 1 heterocycles. The molecule has 0 bridgehead atoms. The molecule has 2 rings (SSSR count). The molecule has 1 unspecified atom stereocenters. The molecule has 0 spiro atoms. The molecule has 0 saturated carbocycles. The Morgan fingerprint density at radius 1 is 0.837 bits per heavy atom. The van der Waals surface area contributed by atoms with Gasteiger partial charge in [0.1, 0.15) is 6.20 Å². The summed E-state index contributed by atoms with van der Waals surface area (Å²) in [5, 5.41) is 18.3. The molecule has 43 heavy (non-hydrogen) atoms. The average molecular weight is 661 g/mol. The average Bonchev–Trinajstić information content (AvgIpc) is 2.87. The molecule has 0 aliphatic carbocycles. The Morgan fingerprint density at radius 2 is 1.30 bits per heavy atom. The zero-order chi connectivity index (χ0) is 33.5. The lowest BCUT2D eigenvalue weighted by molar-refractivity contribution is -0.382. The second-order valence-electron chi connectivity index (χ2n) is 8.57. The highest BCUT2D eigenvalue weighted by Crippen LogP contribution is 2.45. The summed E-state index contributed by atoms with van der Waals surface area (Å²) in [4.78, 5) is 29.5. The van der Waals surface area contributed by atoms with E-state index in [0.29, 0.717) is 25.1 Å². The van der Waals surface area contributed by atoms with E-state index in [2.05, 4.69) is 19.4 Å². The lowest BCUT2D eigenvalue weighted by Gasteiger charge is -2.31. The summed E-state index contributed by atoms with van der Waals surface area (Å²) in [5.41, 5.74) is -10.5. The van der Waals surface area contributed by atoms with Gasteiger partial charge < -0.3 is 19.7 Å². The van der Waals surface area contributed by atoms with Crippen LogP contribution in [0, 0.1) is 0 Å². The molecule has 1 atom stereocenters. The smallest absolute Gasteiger partial charge is 0.426 e. The summed E-state index contributed by atoms with van der Waals surface area (Å²) < 4.78 is 155. The summed E-state index contributed by atoms with van der Waals surface area (Å²) in [6.45, 7) is -2.45. The highest BCUT2D eigenvalue weighted by Gasteiger charge is 2.70. The molecular weight excluding hydrogens is 639 g/mol. The number of hydrogen-bond acceptors (Lipinski definition) is 9. The van der Waals surface area contributed by atoms with Gasteiger partial charge in [0.15, 0.2) is 5.60 Å². The number of carbonyl (C=O) groups excluding carboxylic acids is 2. The lowest BCUT2D eigenvalue weighted by atomic mass is 9.99. The fraction of sp³-hybridized carbons (Fsp3) is 0.455. The van der Waals surface area contributed by atoms with E-state index in [1.54, 1.807) is 12.5 Å². The van der Waals surface area contributed by atoms with Crippen LogP contribution in [0.2, 0.25) is 0 Å². The lowest BCUT2D eigenvalue weighted by Crippen LogP contribution is -2.57. The normalized spacial score (nSPS) is 14.2. The minimum Gasteiger partial charge on any atom is -0.462 e. The number of esters is 2. The summed E-state index contributed by atoms with van der Waals surface area (Å²) >= 11 is 0. The Bertz CT molecular complexity index is 1310. The van der Waals surface area contributed by atoms with E-state index >= 15 is 0 Å². The number of aliphatic hydroxyl groups is 2. The minimum absolute atomic E-state index is 0.308. The van der Waals surface area contributed by atoms with Gasteiger partial charge >= 0.3 is 30.5 Å². The molecule has 4 N–H and O–H groups in total. The van der Waals surface area contributed by atoms with Crippen LogP contribution in [-0.2, 0) is 19.6 Å². The van der Waals surface area contributed by atoms with Crippen LogP contribution in [0.25, 0.3) is 0 Å². The number of alkyl halides is 9. The van der Waals surface area contributed by atoms with Gasteiger partial charge in [-0.25, -0.2) is 9.59 Å². The van der Waals surface area contributed by atoms with Gasteiger partial charge in [-0.15, -0.1) is 0 Å². The van der Waals surface area contributed by atoms with Crippen LogP contribution in [0.15, 0.2) is 47.9 Å². The summed E-state index contributed by atoms with van der Waals surface area (Å²) in [5.74, 6) is -3.41. The molecule has 0 radical (unpaired) electrons. The first-order valence-electron chi connectivity index (χ1n) is 11.2. The molecule has 1 aromatic carbocycles. The van der Waals surface area contributed by atoms with Crippen molar-refractivity contribution in [2.45, 2.75) is 54.4 Å². The molecular formula is C22H22F9N2O9S+. The van der Waals surface area contributed by atoms with Crippen molar-refractivity contribution >= 4 is 22.1 Å². The number of halogens is 9. The van der Waals surface area contributed by atoms with Gasteiger partial charge in [-0.2, -0.15) is 47.9 Å². The Hall–Kier alpha value is -3.56. The third-order valence-corrected chi connectivity index (χ3v) is 6.09. The molecule has 21 heteroatoms. The number of benzene rings is 1. The van der Waals surface area contributed by atoms with Gasteiger partial charge in [0, 0.05) is 18.9 Å². The quantitative estimate of drug-likeness (QED) is 0.206. The number of aromatic nitrogens is 2. The van der Waals surface area contributed by atoms with Crippen molar-refractivity contribution in [1.29, 1.82) is 0 Å². The summed E-state index contributed by atoms with van der Waals surface area (Å²) in [7, 11) is -5.20. The first kappa shape index (κ1) is 37.5. The number of nitrogens with one attached hydrogen (secondary N) is 1. The largest absolute Gasteiger partial charge is 0.462 e. The van der Waals surface area contributed by atoms with Crippen LogP contribution in [0.4, 0.5) is 39.5 Å². The van der Waals surface area contributed by atoms with Crippen LogP contribution >= 0.6 is 0 Å². The van der Waals surface area contributed by atoms with Crippen molar-refractivity contribution in [2.75, 3.05) is 13.2 Å². The predicted molar refractivity (Wildman–Crippen MR) is 121 cm³/mol. The highest BCUT2D eigenvalue weighted by atomic mass is 32.2. The van der Waals surface area contributed by atoms with Crippen molar-refractivity contribution in [1.82, 2.24) is 4.98 Å². The third kappa shape index (κ3) is 10.6. The zero-order valence-corrected chi connectivity index (χ0v) is 22.2. The second kappa shape index (κ2) is 13.8. The Labute approximate surface area is 236 Å². The van der Waals surface area contributed by atoms with Crippen LogP contribution in [0.5, 0.6) is 0 Å². The first-order chi connectivity index (χ1) is 19.3. The number of nitrogens with zero attached hydrogens (tertiary/aromatic N) is 1. The van der Waals surface area contributed by atoms with Crippen LogP contribution < -0.4 is 4.98 Å². The van der Waals surface area contributed by atoms with Gasteiger partial charge in [0.25, 0.3) is 22.0 Å². The minimum atomic E-state index is -6.23. The van der Waals surface area contributed by atoms with Gasteiger partial charge in [0.05, 0.1) is 35.4 Å². The first-order valence-corrected chi connectivity index (χ1v) is 12.7. The monoisotopic (exact) mass is 661 g/mol. The van der Waals surface area contributed by atoms with E-state index in [-0.39, 0.29) is 0 Å². The molecule has 0 fully saturated rings. The summed E-state index contributed by atoms with van der Waals surface area (Å²) in [6, 6.07) is 2.96. The van der Waals surface area contributed by atoms with Crippen molar-refractivity contribution < 1.29 is 86.7 Å². The maximum Gasteiger partial charge on any atom is 0.426 e. The molecule has 0 aliphatic rings. The van der Waals surface area contributed by atoms with Crippen molar-refractivity contribution in [3.8, 4) is 0 Å². The number of rotatable bonds is 9. The van der Waals surface area contributed by atoms with E-state index in [4.69, 9.17) is 9.66 Å². The maximum absolute atomic E-state index is 12.7. The number of aromatic amines is 1. The fourth-order valence-electron chi connectivity index (χ4n) is 2.65. The topological polar surface area (TPSA) is 174 Å². The van der Waals surface area contributed by atoms with Gasteiger partial charge in [0.2, 0.25) is 0 Å². The Kier molecular flexibility index (Phi) is 12.0. The summed E-state index contributed by atoms with van der Waals surface area (Å²) in [6.07, 6.45) is -15.8. The van der Waals surface area contributed by atoms with E-state index in [1.807, 2.05) is 12.3 Å². The Balaban J connectivity index is 0.00000136. The van der Waals surface area contributed by atoms with Crippen LogP contribution in [0.1, 0.15) is 40.5 Å². The number of hydrogen-bond donors (Lipinski definition) is 3. The van der Waals surface area contributed by atoms with Crippen molar-refractivity contribution in [3.63, 3.8) is 0 Å². The molecule has 0 saturated heterocycles. The third-order valence-electron chi connectivity index (χ3n) is 5.26. The molecule has 11 nitrogen and oxygen atoms in total. The zero-order valence-electron chi connectivity index (χ0n) is 21.4. The number of carbonyl (C=O) groups is 2. The maximum atomic E-state index is 12.7. The molecule has 1 aromatic heterocycles. The van der Waals surface area contributed by atoms with E-state index < -0.39 is 93.9 Å². The second-order valence-corrected chi connectivity index (χ2v) is 9.99. The number of H-pyrrole nitrogens is 1. The molecule has 242 valence electrons. The molecule has 0 aliphatic heterocycles. The van der Waals surface area contributed by atoms with Crippen molar-refractivity contribution in [2.24, 2.45) is 0 Å². The van der Waals surface area contributed by atoms with Gasteiger partial charge in [-0.05, 0) is 25.1 Å². The van der Waals surface area contributed by atoms with Crippen LogP contribution in [-0.4, -0.2) is 83.1 Å². The van der Waals surface area contributed by atoms with E-state index in [9.17, 15) is 62.6 Å². The van der Waals surface area contributed by atoms with Crippen LogP contribution in [0.3, 0.4) is 0 Å². The van der Waals surface area contributed by atoms with E-state index in [1.165, 1.54) is 0 Å². The number of ether oxygens (including phenoxy) is 2. The molecule has 0 amide bonds. The fourth-order valence-corrected chi connectivity index (χ4v) is 3.20. The Morgan fingerprint density at radius 3 is 1.60 bits per heavy atom. The van der Waals surface area contributed by atoms with Gasteiger partial charge in [-0.1, -0.05) is 4.98 Å². The van der Waals surface area contributed by atoms with Crippen molar-refractivity contribution in [3.05, 3.63) is 54.1 Å². The van der Waals surface area contributed by atoms with E-state index in [0.717, 1.165) is 0 Å². The SMILES string of the molecule is CC(O)(CCOC(=O)c1cc(C(=O)OCCC(O)(C(F)(F)F)C(F)(F)F)cc(S(=O)(=O)O)c1)C(F)(F)F.c1cnc[nH+]c1. The standard InChI is InChI=1S/C18H17F9O9S.C4H4N2/c1-14(30,16(19,20)21)2-4-35-12(28)9-6-10(8-11(7-9)37(32,33)34)13(29)36-5-3-15(31,17(22,23)24)18(25,26)27;1-2-5-4-6-3-1/h6-8,30-31H,2-5H2,1H3,(H,32,33,34);1-4H/p+1. The highest BCUT2D eigenvalue weighted by molar-refractivity contribution is 7.85. The van der Waals surface area contributed by atoms with Gasteiger partial charge in [-0.3, -0.25) is 9.54 Å². The molecule has 2 aromatic rings. The predicted octanol–water partition coefficient (Wildman–Crippen LogP) is 3.09.